The standard InChI is InChI=1S/C18H21N3O2S.ClH/c1-11(10-19)20-17(23)15-7-8-24-18(15)21-16(22)14-6-5-12-3-2-4-13(12)9-14;/h5-9,11H,2-4,10,19H2,1H3,(H,20,23)(H,21,22);1H/t11-;/m0./s1. The molecule has 134 valence electrons. The van der Waals surface area contributed by atoms with Crippen molar-refractivity contribution in [1.29, 1.82) is 0 Å². The van der Waals surface area contributed by atoms with Gasteiger partial charge < -0.3 is 16.4 Å². The SMILES string of the molecule is C[C@@H](CN)NC(=O)c1ccsc1NC(=O)c1ccc2c(c1)CCC2.Cl. The van der Waals surface area contributed by atoms with Crippen molar-refractivity contribution in [3.63, 3.8) is 0 Å². The van der Waals surface area contributed by atoms with Crippen LogP contribution in [-0.2, 0) is 12.8 Å². The number of hydrogen-bond donors (Lipinski definition) is 3. The number of benzene rings is 1. The molecule has 1 aliphatic rings. The Bertz CT molecular complexity index is 775. The highest BCUT2D eigenvalue weighted by atomic mass is 35.5. The van der Waals surface area contributed by atoms with Crippen LogP contribution in [0.1, 0.15) is 45.2 Å². The van der Waals surface area contributed by atoms with Crippen LogP contribution in [0, 0.1) is 0 Å². The predicted octanol–water partition coefficient (Wildman–Crippen LogP) is 2.99. The van der Waals surface area contributed by atoms with E-state index in [0.29, 0.717) is 22.7 Å². The summed E-state index contributed by atoms with van der Waals surface area (Å²) in [5.74, 6) is -0.411. The van der Waals surface area contributed by atoms with Crippen molar-refractivity contribution < 1.29 is 9.59 Å². The lowest BCUT2D eigenvalue weighted by atomic mass is 10.1. The highest BCUT2D eigenvalue weighted by molar-refractivity contribution is 7.14. The molecular formula is C18H22ClN3O2S. The van der Waals surface area contributed by atoms with E-state index in [9.17, 15) is 9.59 Å². The van der Waals surface area contributed by atoms with Gasteiger partial charge in [0.1, 0.15) is 5.00 Å². The lowest BCUT2D eigenvalue weighted by Crippen LogP contribution is -2.37. The zero-order valence-corrected chi connectivity index (χ0v) is 15.6. The molecule has 0 radical (unpaired) electrons. The molecule has 3 rings (SSSR count). The molecule has 0 unspecified atom stereocenters. The third-order valence-corrected chi connectivity index (χ3v) is 5.06. The van der Waals surface area contributed by atoms with Crippen LogP contribution in [0.5, 0.6) is 0 Å². The summed E-state index contributed by atoms with van der Waals surface area (Å²) in [6.07, 6.45) is 3.26. The summed E-state index contributed by atoms with van der Waals surface area (Å²) in [4.78, 5) is 24.8. The van der Waals surface area contributed by atoms with Gasteiger partial charge in [0, 0.05) is 18.2 Å². The molecule has 0 spiro atoms. The summed E-state index contributed by atoms with van der Waals surface area (Å²) >= 11 is 1.34. The van der Waals surface area contributed by atoms with Crippen LogP contribution < -0.4 is 16.4 Å². The Labute approximate surface area is 157 Å². The number of nitrogens with one attached hydrogen (secondary N) is 2. The highest BCUT2D eigenvalue weighted by Crippen LogP contribution is 2.26. The molecule has 1 atom stereocenters. The van der Waals surface area contributed by atoms with E-state index in [4.69, 9.17) is 5.73 Å². The van der Waals surface area contributed by atoms with Crippen LogP contribution in [0.2, 0.25) is 0 Å². The maximum absolute atomic E-state index is 12.5. The van der Waals surface area contributed by atoms with Gasteiger partial charge >= 0.3 is 0 Å². The first kappa shape index (κ1) is 19.4. The topological polar surface area (TPSA) is 84.2 Å². The molecule has 2 amide bonds. The quantitative estimate of drug-likeness (QED) is 0.746. The number of amides is 2. The number of aryl methyl sites for hydroxylation is 2. The van der Waals surface area contributed by atoms with Crippen molar-refractivity contribution in [2.24, 2.45) is 5.73 Å². The predicted molar refractivity (Wildman–Crippen MR) is 104 cm³/mol. The Kier molecular flexibility index (Phi) is 6.58. The number of hydrogen-bond acceptors (Lipinski definition) is 4. The summed E-state index contributed by atoms with van der Waals surface area (Å²) in [5, 5.41) is 8.02. The van der Waals surface area contributed by atoms with Crippen LogP contribution in [0.3, 0.4) is 0 Å². The van der Waals surface area contributed by atoms with E-state index >= 15 is 0 Å². The van der Waals surface area contributed by atoms with Gasteiger partial charge in [0.05, 0.1) is 5.56 Å². The normalized spacial score (nSPS) is 13.5. The lowest BCUT2D eigenvalue weighted by molar-refractivity contribution is 0.0942. The molecule has 2 aromatic rings. The molecule has 1 aromatic heterocycles. The molecule has 7 heteroatoms. The fourth-order valence-corrected chi connectivity index (χ4v) is 3.61. The minimum absolute atomic E-state index is 0. The van der Waals surface area contributed by atoms with Crippen molar-refractivity contribution in [3.8, 4) is 0 Å². The molecule has 5 nitrogen and oxygen atoms in total. The Morgan fingerprint density at radius 3 is 2.72 bits per heavy atom. The van der Waals surface area contributed by atoms with Gasteiger partial charge in [-0.15, -0.1) is 23.7 Å². The number of halogens is 1. The first-order valence-electron chi connectivity index (χ1n) is 8.10. The van der Waals surface area contributed by atoms with E-state index < -0.39 is 0 Å². The van der Waals surface area contributed by atoms with E-state index in [1.54, 1.807) is 11.4 Å². The van der Waals surface area contributed by atoms with Crippen molar-refractivity contribution in [3.05, 3.63) is 51.9 Å². The fourth-order valence-electron chi connectivity index (χ4n) is 2.83. The van der Waals surface area contributed by atoms with Crippen molar-refractivity contribution in [2.75, 3.05) is 11.9 Å². The second-order valence-corrected chi connectivity index (χ2v) is 6.98. The number of nitrogens with two attached hydrogens (primary N) is 1. The summed E-state index contributed by atoms with van der Waals surface area (Å²) in [7, 11) is 0. The number of carbonyl (C=O) groups is 2. The third kappa shape index (κ3) is 4.39. The van der Waals surface area contributed by atoms with Gasteiger partial charge in [-0.25, -0.2) is 0 Å². The van der Waals surface area contributed by atoms with E-state index in [1.807, 2.05) is 25.1 Å². The molecule has 1 aromatic carbocycles. The van der Waals surface area contributed by atoms with Gasteiger partial charge in [0.15, 0.2) is 0 Å². The first-order valence-corrected chi connectivity index (χ1v) is 8.98. The van der Waals surface area contributed by atoms with Gasteiger partial charge in [0.2, 0.25) is 0 Å². The summed E-state index contributed by atoms with van der Waals surface area (Å²) in [6, 6.07) is 7.44. The molecule has 0 saturated carbocycles. The van der Waals surface area contributed by atoms with Gasteiger partial charge in [0.25, 0.3) is 11.8 Å². The monoisotopic (exact) mass is 379 g/mol. The van der Waals surface area contributed by atoms with Crippen molar-refractivity contribution in [1.82, 2.24) is 5.32 Å². The maximum Gasteiger partial charge on any atom is 0.256 e. The molecule has 0 aliphatic heterocycles. The minimum atomic E-state index is -0.224. The number of rotatable bonds is 5. The zero-order chi connectivity index (χ0) is 17.1. The Balaban J connectivity index is 0.00000225. The van der Waals surface area contributed by atoms with Crippen LogP contribution in [-0.4, -0.2) is 24.4 Å². The first-order chi connectivity index (χ1) is 11.6. The number of carbonyl (C=O) groups excluding carboxylic acids is 2. The molecule has 1 heterocycles. The third-order valence-electron chi connectivity index (χ3n) is 4.23. The minimum Gasteiger partial charge on any atom is -0.348 e. The van der Waals surface area contributed by atoms with E-state index in [1.165, 1.54) is 22.5 Å². The number of anilines is 1. The number of thiophene rings is 1. The summed E-state index contributed by atoms with van der Waals surface area (Å²) in [5.41, 5.74) is 9.21. The maximum atomic E-state index is 12.5. The van der Waals surface area contributed by atoms with E-state index in [-0.39, 0.29) is 30.3 Å². The Morgan fingerprint density at radius 2 is 1.96 bits per heavy atom. The van der Waals surface area contributed by atoms with Gasteiger partial charge in [-0.05, 0) is 60.9 Å². The zero-order valence-electron chi connectivity index (χ0n) is 14.0. The largest absolute Gasteiger partial charge is 0.348 e. The van der Waals surface area contributed by atoms with Crippen LogP contribution in [0.15, 0.2) is 29.6 Å². The van der Waals surface area contributed by atoms with Crippen LogP contribution in [0.4, 0.5) is 5.00 Å². The smallest absolute Gasteiger partial charge is 0.256 e. The molecule has 0 bridgehead atoms. The average molecular weight is 380 g/mol. The van der Waals surface area contributed by atoms with Gasteiger partial charge in [-0.2, -0.15) is 0 Å². The van der Waals surface area contributed by atoms with E-state index in [2.05, 4.69) is 10.6 Å². The molecular weight excluding hydrogens is 358 g/mol. The van der Waals surface area contributed by atoms with Crippen molar-refractivity contribution >= 4 is 40.6 Å². The second kappa shape index (κ2) is 8.47. The van der Waals surface area contributed by atoms with Crippen LogP contribution >= 0.6 is 23.7 Å². The molecule has 4 N–H and O–H groups in total. The number of fused-ring (bicyclic) bond motifs is 1. The summed E-state index contributed by atoms with van der Waals surface area (Å²) < 4.78 is 0. The Hall–Kier alpha value is -1.89. The molecule has 25 heavy (non-hydrogen) atoms. The van der Waals surface area contributed by atoms with E-state index in [0.717, 1.165) is 19.3 Å². The summed E-state index contributed by atoms with van der Waals surface area (Å²) in [6.45, 7) is 2.21. The van der Waals surface area contributed by atoms with Gasteiger partial charge in [-0.1, -0.05) is 6.07 Å². The van der Waals surface area contributed by atoms with Gasteiger partial charge in [-0.3, -0.25) is 9.59 Å². The Morgan fingerprint density at radius 1 is 1.20 bits per heavy atom. The molecule has 0 fully saturated rings. The molecule has 0 saturated heterocycles. The molecule has 1 aliphatic carbocycles. The lowest BCUT2D eigenvalue weighted by Gasteiger charge is -2.12. The fraction of sp³-hybridized carbons (Fsp3) is 0.333. The average Bonchev–Trinajstić information content (AvgIpc) is 3.22. The van der Waals surface area contributed by atoms with Crippen molar-refractivity contribution in [2.45, 2.75) is 32.2 Å². The second-order valence-electron chi connectivity index (χ2n) is 6.06. The highest BCUT2D eigenvalue weighted by Gasteiger charge is 2.18. The van der Waals surface area contributed by atoms with Crippen LogP contribution in [0.25, 0.3) is 0 Å².